The summed E-state index contributed by atoms with van der Waals surface area (Å²) >= 11 is 0. The Kier molecular flexibility index (Phi) is 4.67. The van der Waals surface area contributed by atoms with Crippen LogP contribution in [0.1, 0.15) is 13.3 Å². The maximum atomic E-state index is 13.1. The molecule has 1 amide bonds. The Morgan fingerprint density at radius 1 is 1.50 bits per heavy atom. The molecule has 6 heteroatoms. The minimum atomic E-state index is -0.989. The number of aliphatic hydroxyl groups is 1. The van der Waals surface area contributed by atoms with E-state index in [9.17, 15) is 13.6 Å². The average Bonchev–Trinajstić information content (AvgIpc) is 2.91. The van der Waals surface area contributed by atoms with Gasteiger partial charge in [-0.3, -0.25) is 9.69 Å². The number of hydrogen-bond acceptors (Lipinski definition) is 3. The molecule has 4 nitrogen and oxygen atoms in total. The molecular weight excluding hydrogens is 266 g/mol. The van der Waals surface area contributed by atoms with Crippen LogP contribution in [0.15, 0.2) is 18.2 Å². The third-order valence-corrected chi connectivity index (χ3v) is 3.69. The van der Waals surface area contributed by atoms with E-state index in [2.05, 4.69) is 5.32 Å². The molecule has 2 rings (SSSR count). The molecule has 0 saturated carbocycles. The van der Waals surface area contributed by atoms with E-state index >= 15 is 0 Å². The van der Waals surface area contributed by atoms with Gasteiger partial charge >= 0.3 is 0 Å². The first-order chi connectivity index (χ1) is 9.51. The Hall–Kier alpha value is -1.53. The zero-order valence-corrected chi connectivity index (χ0v) is 11.3. The second-order valence-electron chi connectivity index (χ2n) is 5.13. The standard InChI is InChI=1S/C14H18F2N2O2/c1-9(18-5-4-10(7-18)8-19)14(20)17-11-2-3-12(15)13(16)6-11/h2-3,6,9-10,19H,4-5,7-8H2,1H3,(H,17,20). The maximum absolute atomic E-state index is 13.1. The summed E-state index contributed by atoms with van der Waals surface area (Å²) in [5.41, 5.74) is 0.235. The second kappa shape index (κ2) is 6.28. The number of nitrogens with one attached hydrogen (secondary N) is 1. The molecule has 2 atom stereocenters. The van der Waals surface area contributed by atoms with Gasteiger partial charge in [-0.15, -0.1) is 0 Å². The van der Waals surface area contributed by atoms with E-state index < -0.39 is 11.6 Å². The Morgan fingerprint density at radius 3 is 2.85 bits per heavy atom. The van der Waals surface area contributed by atoms with Gasteiger partial charge in [0.1, 0.15) is 0 Å². The molecule has 1 aliphatic heterocycles. The highest BCUT2D eigenvalue weighted by Gasteiger charge is 2.29. The summed E-state index contributed by atoms with van der Waals surface area (Å²) in [5.74, 6) is -2.00. The van der Waals surface area contributed by atoms with Crippen LogP contribution < -0.4 is 5.32 Å². The lowest BCUT2D eigenvalue weighted by Gasteiger charge is -2.23. The Balaban J connectivity index is 1.95. The maximum Gasteiger partial charge on any atom is 0.241 e. The zero-order chi connectivity index (χ0) is 14.7. The number of carbonyl (C=O) groups is 1. The first-order valence-corrected chi connectivity index (χ1v) is 6.62. The van der Waals surface area contributed by atoms with E-state index in [1.807, 2.05) is 4.90 Å². The lowest BCUT2D eigenvalue weighted by molar-refractivity contribution is -0.120. The van der Waals surface area contributed by atoms with Crippen LogP contribution in [-0.2, 0) is 4.79 Å². The predicted molar refractivity (Wildman–Crippen MR) is 71.2 cm³/mol. The summed E-state index contributed by atoms with van der Waals surface area (Å²) < 4.78 is 25.9. The molecule has 1 aromatic rings. The van der Waals surface area contributed by atoms with Crippen LogP contribution in [0.25, 0.3) is 0 Å². The highest BCUT2D eigenvalue weighted by Crippen LogP contribution is 2.19. The first-order valence-electron chi connectivity index (χ1n) is 6.62. The molecule has 1 aliphatic rings. The van der Waals surface area contributed by atoms with Gasteiger partial charge in [-0.2, -0.15) is 0 Å². The minimum absolute atomic E-state index is 0.119. The SMILES string of the molecule is CC(C(=O)Nc1ccc(F)c(F)c1)N1CCC(CO)C1. The van der Waals surface area contributed by atoms with E-state index in [1.165, 1.54) is 6.07 Å². The third-order valence-electron chi connectivity index (χ3n) is 3.69. The Bertz CT molecular complexity index is 496. The van der Waals surface area contributed by atoms with Crippen LogP contribution in [0.5, 0.6) is 0 Å². The largest absolute Gasteiger partial charge is 0.396 e. The fraction of sp³-hybridized carbons (Fsp3) is 0.500. The van der Waals surface area contributed by atoms with Gasteiger partial charge in [0.25, 0.3) is 0 Å². The normalized spacial score (nSPS) is 20.9. The quantitative estimate of drug-likeness (QED) is 0.883. The Morgan fingerprint density at radius 2 is 2.25 bits per heavy atom. The monoisotopic (exact) mass is 284 g/mol. The summed E-state index contributed by atoms with van der Waals surface area (Å²) in [6.07, 6.45) is 0.860. The van der Waals surface area contributed by atoms with Crippen molar-refractivity contribution in [1.29, 1.82) is 0 Å². The van der Waals surface area contributed by atoms with Crippen LogP contribution in [0, 0.1) is 17.6 Å². The number of halogens is 2. The lowest BCUT2D eigenvalue weighted by atomic mass is 10.1. The Labute approximate surface area is 116 Å². The first kappa shape index (κ1) is 14.9. The van der Waals surface area contributed by atoms with Crippen LogP contribution in [0.3, 0.4) is 0 Å². The van der Waals surface area contributed by atoms with Crippen LogP contribution in [0.2, 0.25) is 0 Å². The van der Waals surface area contributed by atoms with E-state index in [0.29, 0.717) is 6.54 Å². The van der Waals surface area contributed by atoms with Gasteiger partial charge in [-0.05, 0) is 37.9 Å². The number of likely N-dealkylation sites (tertiary alicyclic amines) is 1. The predicted octanol–water partition coefficient (Wildman–Crippen LogP) is 1.61. The van der Waals surface area contributed by atoms with Crippen LogP contribution >= 0.6 is 0 Å². The van der Waals surface area contributed by atoms with E-state index in [4.69, 9.17) is 5.11 Å². The van der Waals surface area contributed by atoms with Gasteiger partial charge in [0, 0.05) is 24.9 Å². The molecule has 2 N–H and O–H groups in total. The number of hydrogen-bond donors (Lipinski definition) is 2. The van der Waals surface area contributed by atoms with Gasteiger partial charge in [-0.25, -0.2) is 8.78 Å². The molecule has 1 heterocycles. The lowest BCUT2D eigenvalue weighted by Crippen LogP contribution is -2.40. The molecule has 0 spiro atoms. The molecule has 1 aromatic carbocycles. The number of carbonyl (C=O) groups excluding carboxylic acids is 1. The molecule has 2 unspecified atom stereocenters. The fourth-order valence-electron chi connectivity index (χ4n) is 2.35. The number of rotatable bonds is 4. The summed E-state index contributed by atoms with van der Waals surface area (Å²) in [7, 11) is 0. The summed E-state index contributed by atoms with van der Waals surface area (Å²) in [6, 6.07) is 2.89. The average molecular weight is 284 g/mol. The molecule has 1 fully saturated rings. The number of aliphatic hydroxyl groups excluding tert-OH is 1. The van der Waals surface area contributed by atoms with Crippen molar-refractivity contribution < 1.29 is 18.7 Å². The van der Waals surface area contributed by atoms with Crippen molar-refractivity contribution in [3.63, 3.8) is 0 Å². The highest BCUT2D eigenvalue weighted by molar-refractivity contribution is 5.94. The fourth-order valence-corrected chi connectivity index (χ4v) is 2.35. The molecular formula is C14H18F2N2O2. The number of benzene rings is 1. The number of amides is 1. The second-order valence-corrected chi connectivity index (χ2v) is 5.13. The van der Waals surface area contributed by atoms with Crippen molar-refractivity contribution >= 4 is 11.6 Å². The summed E-state index contributed by atoms with van der Waals surface area (Å²) in [4.78, 5) is 14.0. The molecule has 0 bridgehead atoms. The highest BCUT2D eigenvalue weighted by atomic mass is 19.2. The van der Waals surface area contributed by atoms with Crippen molar-refractivity contribution in [2.24, 2.45) is 5.92 Å². The van der Waals surface area contributed by atoms with Crippen molar-refractivity contribution in [2.45, 2.75) is 19.4 Å². The van der Waals surface area contributed by atoms with Crippen molar-refractivity contribution in [3.05, 3.63) is 29.8 Å². The van der Waals surface area contributed by atoms with Gasteiger partial charge in [0.05, 0.1) is 6.04 Å². The van der Waals surface area contributed by atoms with Crippen LogP contribution in [-0.4, -0.2) is 41.7 Å². The van der Waals surface area contributed by atoms with Crippen molar-refractivity contribution in [1.82, 2.24) is 4.90 Å². The zero-order valence-electron chi connectivity index (χ0n) is 11.3. The number of nitrogens with zero attached hydrogens (tertiary/aromatic N) is 1. The molecule has 1 saturated heterocycles. The van der Waals surface area contributed by atoms with Gasteiger partial charge in [-0.1, -0.05) is 0 Å². The molecule has 110 valence electrons. The van der Waals surface area contributed by atoms with Crippen molar-refractivity contribution in [2.75, 3.05) is 25.0 Å². The van der Waals surface area contributed by atoms with Gasteiger partial charge in [0.15, 0.2) is 11.6 Å². The minimum Gasteiger partial charge on any atom is -0.396 e. The third kappa shape index (κ3) is 3.32. The van der Waals surface area contributed by atoms with E-state index in [-0.39, 0.29) is 30.2 Å². The van der Waals surface area contributed by atoms with E-state index in [0.717, 1.165) is 25.1 Å². The summed E-state index contributed by atoms with van der Waals surface area (Å²) in [5, 5.41) is 11.7. The van der Waals surface area contributed by atoms with Crippen molar-refractivity contribution in [3.8, 4) is 0 Å². The smallest absolute Gasteiger partial charge is 0.241 e. The van der Waals surface area contributed by atoms with Crippen LogP contribution in [0.4, 0.5) is 14.5 Å². The van der Waals surface area contributed by atoms with E-state index in [1.54, 1.807) is 6.92 Å². The molecule has 0 radical (unpaired) electrons. The van der Waals surface area contributed by atoms with Gasteiger partial charge in [0.2, 0.25) is 5.91 Å². The summed E-state index contributed by atoms with van der Waals surface area (Å²) in [6.45, 7) is 3.30. The molecule has 0 aliphatic carbocycles. The number of anilines is 1. The molecule has 0 aromatic heterocycles. The molecule has 20 heavy (non-hydrogen) atoms. The van der Waals surface area contributed by atoms with Gasteiger partial charge < -0.3 is 10.4 Å². The topological polar surface area (TPSA) is 52.6 Å².